The Morgan fingerprint density at radius 1 is 1.11 bits per heavy atom. The van der Waals surface area contributed by atoms with Gasteiger partial charge >= 0.3 is 0 Å². The van der Waals surface area contributed by atoms with Gasteiger partial charge in [0.05, 0.1) is 6.61 Å². The summed E-state index contributed by atoms with van der Waals surface area (Å²) in [5.74, 6) is -2.43. The minimum absolute atomic E-state index is 0.0577. The first kappa shape index (κ1) is 18.7. The molecule has 0 bridgehead atoms. The first-order chi connectivity index (χ1) is 13.0. The fourth-order valence-corrected chi connectivity index (χ4v) is 4.36. The number of piperidine rings is 1. The van der Waals surface area contributed by atoms with Gasteiger partial charge in [-0.2, -0.15) is 0 Å². The second kappa shape index (κ2) is 7.37. The van der Waals surface area contributed by atoms with Crippen LogP contribution in [0, 0.1) is 5.82 Å². The Kier molecular flexibility index (Phi) is 5.09. The average Bonchev–Trinajstić information content (AvgIpc) is 2.67. The normalized spacial score (nSPS) is 24.9. The molecule has 0 spiro atoms. The van der Waals surface area contributed by atoms with Crippen LogP contribution in [0.15, 0.2) is 47.4 Å². The Morgan fingerprint density at radius 2 is 1.89 bits per heavy atom. The van der Waals surface area contributed by atoms with Gasteiger partial charge in [0.15, 0.2) is 0 Å². The topological polar surface area (TPSA) is 32.7 Å². The van der Waals surface area contributed by atoms with E-state index in [-0.39, 0.29) is 31.2 Å². The van der Waals surface area contributed by atoms with Gasteiger partial charge in [-0.05, 0) is 29.8 Å². The monoisotopic (exact) mass is 395 g/mol. The Morgan fingerprint density at radius 3 is 2.63 bits per heavy atom. The predicted molar refractivity (Wildman–Crippen MR) is 97.8 cm³/mol. The van der Waals surface area contributed by atoms with Gasteiger partial charge < -0.3 is 9.29 Å². The number of benzene rings is 2. The summed E-state index contributed by atoms with van der Waals surface area (Å²) in [4.78, 5) is 2.77. The van der Waals surface area contributed by atoms with Crippen molar-refractivity contribution in [3.8, 4) is 5.75 Å². The molecule has 0 radical (unpaired) electrons. The summed E-state index contributed by atoms with van der Waals surface area (Å²) in [7, 11) is 0. The van der Waals surface area contributed by atoms with E-state index in [1.165, 1.54) is 12.1 Å². The molecule has 1 N–H and O–H groups in total. The molecule has 2 aliphatic rings. The number of ether oxygens (including phenoxy) is 1. The molecule has 7 heteroatoms. The third kappa shape index (κ3) is 3.81. The lowest BCUT2D eigenvalue weighted by Gasteiger charge is -2.45. The molecule has 3 nitrogen and oxygen atoms in total. The fourth-order valence-electron chi connectivity index (χ4n) is 4.07. The van der Waals surface area contributed by atoms with Crippen molar-refractivity contribution in [3.05, 3.63) is 59.4 Å². The van der Waals surface area contributed by atoms with E-state index in [9.17, 15) is 17.7 Å². The number of hydrogen-bond donors (Lipinski definition) is 1. The Hall–Kier alpha value is -1.70. The quantitative estimate of drug-likeness (QED) is 0.677. The minimum atomic E-state index is -2.74. The summed E-state index contributed by atoms with van der Waals surface area (Å²) in [6, 6.07) is 10.8. The maximum absolute atomic E-state index is 14.2. The molecular weight excluding hydrogens is 375 g/mol. The standard InChI is InChI=1S/C20H20F3NO2S/c21-14-3-1-13(2-4-14)18-12-20(22,23)8-9-24(18)17-7-10-26-19-11-15(27-25)5-6-16(17)19/h1-6,11,17-18,25H,7-10,12H2/t17-,18-/m1/s1. The Balaban J connectivity index is 1.70. The third-order valence-corrected chi connectivity index (χ3v) is 5.85. The maximum atomic E-state index is 14.2. The highest BCUT2D eigenvalue weighted by atomic mass is 32.2. The van der Waals surface area contributed by atoms with Crippen LogP contribution in [0.3, 0.4) is 0 Å². The lowest BCUT2D eigenvalue weighted by Crippen LogP contribution is -2.44. The van der Waals surface area contributed by atoms with Crippen LogP contribution in [-0.2, 0) is 0 Å². The van der Waals surface area contributed by atoms with Crippen molar-refractivity contribution in [2.45, 2.75) is 42.2 Å². The molecule has 0 amide bonds. The fraction of sp³-hybridized carbons (Fsp3) is 0.400. The van der Waals surface area contributed by atoms with Crippen molar-refractivity contribution in [1.29, 1.82) is 0 Å². The van der Waals surface area contributed by atoms with Crippen LogP contribution in [0.4, 0.5) is 13.2 Å². The van der Waals surface area contributed by atoms with Crippen LogP contribution in [0.25, 0.3) is 0 Å². The lowest BCUT2D eigenvalue weighted by molar-refractivity contribution is -0.0931. The van der Waals surface area contributed by atoms with Crippen LogP contribution < -0.4 is 4.74 Å². The Labute approximate surface area is 160 Å². The van der Waals surface area contributed by atoms with Gasteiger partial charge in [-0.15, -0.1) is 0 Å². The van der Waals surface area contributed by atoms with Gasteiger partial charge in [0, 0.05) is 60.4 Å². The first-order valence-corrected chi connectivity index (χ1v) is 9.71. The average molecular weight is 395 g/mol. The van der Waals surface area contributed by atoms with Crippen molar-refractivity contribution in [2.75, 3.05) is 13.2 Å². The molecule has 0 unspecified atom stereocenters. The predicted octanol–water partition coefficient (Wildman–Crippen LogP) is 5.69. The molecule has 0 saturated carbocycles. The highest BCUT2D eigenvalue weighted by Gasteiger charge is 2.44. The Bertz CT molecular complexity index is 815. The molecule has 1 saturated heterocycles. The highest BCUT2D eigenvalue weighted by Crippen LogP contribution is 2.47. The van der Waals surface area contributed by atoms with E-state index >= 15 is 0 Å². The SMILES string of the molecule is OSc1ccc2c(c1)OCC[C@H]2N1CCC(F)(F)C[C@@H]1c1ccc(F)cc1. The van der Waals surface area contributed by atoms with Crippen LogP contribution in [0.5, 0.6) is 5.75 Å². The number of alkyl halides is 2. The second-order valence-electron chi connectivity index (χ2n) is 7.06. The molecule has 2 heterocycles. The number of rotatable bonds is 3. The molecule has 2 atom stereocenters. The summed E-state index contributed by atoms with van der Waals surface area (Å²) in [5, 5.41) is 0. The van der Waals surface area contributed by atoms with Gasteiger partial charge in [-0.3, -0.25) is 4.90 Å². The minimum Gasteiger partial charge on any atom is -0.493 e. The van der Waals surface area contributed by atoms with E-state index in [1.807, 2.05) is 6.07 Å². The first-order valence-electron chi connectivity index (χ1n) is 8.94. The summed E-state index contributed by atoms with van der Waals surface area (Å²) in [5.41, 5.74) is 1.64. The zero-order valence-corrected chi connectivity index (χ0v) is 15.4. The number of fused-ring (bicyclic) bond motifs is 1. The van der Waals surface area contributed by atoms with Crippen LogP contribution in [0.1, 0.15) is 42.5 Å². The maximum Gasteiger partial charge on any atom is 0.251 e. The summed E-state index contributed by atoms with van der Waals surface area (Å²) < 4.78 is 56.7. The molecule has 1 fully saturated rings. The largest absolute Gasteiger partial charge is 0.493 e. The third-order valence-electron chi connectivity index (χ3n) is 5.38. The van der Waals surface area contributed by atoms with Crippen molar-refractivity contribution in [3.63, 3.8) is 0 Å². The van der Waals surface area contributed by atoms with E-state index in [2.05, 4.69) is 4.90 Å². The van der Waals surface area contributed by atoms with Gasteiger partial charge in [0.1, 0.15) is 11.6 Å². The van der Waals surface area contributed by atoms with Crippen LogP contribution in [0.2, 0.25) is 0 Å². The zero-order chi connectivity index (χ0) is 19.0. The van der Waals surface area contributed by atoms with E-state index in [0.717, 1.165) is 5.56 Å². The molecular formula is C20H20F3NO2S. The number of halogens is 3. The second-order valence-corrected chi connectivity index (χ2v) is 7.71. The lowest BCUT2D eigenvalue weighted by atomic mass is 9.88. The van der Waals surface area contributed by atoms with Crippen molar-refractivity contribution in [2.24, 2.45) is 0 Å². The van der Waals surface area contributed by atoms with Gasteiger partial charge in [0.2, 0.25) is 0 Å². The van der Waals surface area contributed by atoms with Gasteiger partial charge in [-0.1, -0.05) is 18.2 Å². The van der Waals surface area contributed by atoms with E-state index in [0.29, 0.717) is 41.3 Å². The summed E-state index contributed by atoms with van der Waals surface area (Å²) >= 11 is 0.649. The number of nitrogens with zero attached hydrogens (tertiary/aromatic N) is 1. The van der Waals surface area contributed by atoms with Crippen LogP contribution in [-0.4, -0.2) is 28.5 Å². The molecule has 0 aliphatic carbocycles. The van der Waals surface area contributed by atoms with Crippen molar-refractivity contribution < 1.29 is 22.5 Å². The summed E-state index contributed by atoms with van der Waals surface area (Å²) in [6.45, 7) is 0.746. The zero-order valence-electron chi connectivity index (χ0n) is 14.6. The molecule has 4 rings (SSSR count). The van der Waals surface area contributed by atoms with Crippen molar-refractivity contribution >= 4 is 12.0 Å². The van der Waals surface area contributed by atoms with E-state index in [4.69, 9.17) is 4.74 Å². The molecule has 2 aliphatic heterocycles. The number of hydrogen-bond acceptors (Lipinski definition) is 4. The number of likely N-dealkylation sites (tertiary alicyclic amines) is 1. The molecule has 0 aromatic heterocycles. The highest BCUT2D eigenvalue weighted by molar-refractivity contribution is 7.93. The molecule has 2 aromatic rings. The molecule has 2 aromatic carbocycles. The van der Waals surface area contributed by atoms with Gasteiger partial charge in [-0.25, -0.2) is 13.2 Å². The summed E-state index contributed by atoms with van der Waals surface area (Å²) in [6.07, 6.45) is 0.222. The smallest absolute Gasteiger partial charge is 0.251 e. The van der Waals surface area contributed by atoms with E-state index in [1.54, 1.807) is 24.3 Å². The van der Waals surface area contributed by atoms with Crippen molar-refractivity contribution in [1.82, 2.24) is 4.90 Å². The molecule has 27 heavy (non-hydrogen) atoms. The molecule has 144 valence electrons. The van der Waals surface area contributed by atoms with Crippen LogP contribution >= 0.6 is 12.0 Å². The van der Waals surface area contributed by atoms with E-state index < -0.39 is 12.0 Å². The van der Waals surface area contributed by atoms with Gasteiger partial charge in [0.25, 0.3) is 5.92 Å².